The number of hydrogen-bond acceptors (Lipinski definition) is 2. The van der Waals surface area contributed by atoms with Crippen LogP contribution in [0.2, 0.25) is 0 Å². The highest BCUT2D eigenvalue weighted by atomic mass is 16.6. The van der Waals surface area contributed by atoms with Crippen molar-refractivity contribution in [1.82, 2.24) is 10.5 Å². The van der Waals surface area contributed by atoms with Crippen LogP contribution in [0.3, 0.4) is 0 Å². The Balaban J connectivity index is 2.36. The van der Waals surface area contributed by atoms with Gasteiger partial charge < -0.3 is 9.82 Å². The predicted molar refractivity (Wildman–Crippen MR) is 56.9 cm³/mol. The molecule has 14 heavy (non-hydrogen) atoms. The van der Waals surface area contributed by atoms with Crippen molar-refractivity contribution in [2.45, 2.75) is 13.5 Å². The standard InChI is InChI=1S/C11H14N2O/c1-8-4-3-5-9-6-10(7-12-14-2)13-11(8)9/h3-6,12-13H,7H2,1-2H3. The third kappa shape index (κ3) is 1.64. The molecule has 0 saturated heterocycles. The normalized spacial score (nSPS) is 11.0. The molecule has 0 aliphatic carbocycles. The Morgan fingerprint density at radius 3 is 3.00 bits per heavy atom. The number of para-hydroxylation sites is 1. The van der Waals surface area contributed by atoms with E-state index in [0.29, 0.717) is 6.54 Å². The van der Waals surface area contributed by atoms with Crippen molar-refractivity contribution in [3.63, 3.8) is 0 Å². The molecule has 1 heterocycles. The molecule has 0 fully saturated rings. The smallest absolute Gasteiger partial charge is 0.0611 e. The summed E-state index contributed by atoms with van der Waals surface area (Å²) in [7, 11) is 1.62. The number of H-pyrrole nitrogens is 1. The van der Waals surface area contributed by atoms with E-state index < -0.39 is 0 Å². The van der Waals surface area contributed by atoms with Crippen molar-refractivity contribution >= 4 is 10.9 Å². The summed E-state index contributed by atoms with van der Waals surface area (Å²) in [6.07, 6.45) is 0. The third-order valence-electron chi connectivity index (χ3n) is 2.33. The van der Waals surface area contributed by atoms with Gasteiger partial charge in [0.25, 0.3) is 0 Å². The van der Waals surface area contributed by atoms with Gasteiger partial charge in [-0.05, 0) is 23.9 Å². The molecular weight excluding hydrogens is 176 g/mol. The van der Waals surface area contributed by atoms with E-state index in [0.717, 1.165) is 5.69 Å². The minimum atomic E-state index is 0.699. The van der Waals surface area contributed by atoms with Gasteiger partial charge in [-0.1, -0.05) is 18.2 Å². The molecule has 2 aromatic rings. The summed E-state index contributed by atoms with van der Waals surface area (Å²) >= 11 is 0. The minimum Gasteiger partial charge on any atom is -0.357 e. The second-order valence-corrected chi connectivity index (χ2v) is 3.36. The summed E-state index contributed by atoms with van der Waals surface area (Å²) < 4.78 is 0. The first-order valence-electron chi connectivity index (χ1n) is 4.64. The van der Waals surface area contributed by atoms with Crippen LogP contribution in [0, 0.1) is 6.92 Å². The lowest BCUT2D eigenvalue weighted by Gasteiger charge is -1.97. The van der Waals surface area contributed by atoms with Crippen molar-refractivity contribution in [3.05, 3.63) is 35.5 Å². The molecule has 0 unspecified atom stereocenters. The molecule has 1 aromatic heterocycles. The zero-order valence-electron chi connectivity index (χ0n) is 8.42. The highest BCUT2D eigenvalue weighted by Gasteiger charge is 2.01. The molecule has 2 rings (SSSR count). The second kappa shape index (κ2) is 3.82. The van der Waals surface area contributed by atoms with E-state index in [1.807, 2.05) is 0 Å². The van der Waals surface area contributed by atoms with Crippen LogP contribution in [0.25, 0.3) is 10.9 Å². The SMILES string of the molecule is CONCc1cc2cccc(C)c2[nH]1. The molecule has 0 atom stereocenters. The number of aryl methyl sites for hydroxylation is 1. The van der Waals surface area contributed by atoms with E-state index in [9.17, 15) is 0 Å². The van der Waals surface area contributed by atoms with E-state index in [1.165, 1.54) is 16.5 Å². The third-order valence-corrected chi connectivity index (χ3v) is 2.33. The van der Waals surface area contributed by atoms with Crippen LogP contribution in [-0.4, -0.2) is 12.1 Å². The Hall–Kier alpha value is -1.32. The van der Waals surface area contributed by atoms with Gasteiger partial charge in [-0.3, -0.25) is 0 Å². The maximum absolute atomic E-state index is 4.80. The Morgan fingerprint density at radius 1 is 1.43 bits per heavy atom. The summed E-state index contributed by atoms with van der Waals surface area (Å²) in [5.74, 6) is 0. The maximum atomic E-state index is 4.80. The zero-order valence-corrected chi connectivity index (χ0v) is 8.42. The summed E-state index contributed by atoms with van der Waals surface area (Å²) in [5, 5.41) is 1.25. The van der Waals surface area contributed by atoms with Crippen LogP contribution in [0.15, 0.2) is 24.3 Å². The first kappa shape index (κ1) is 9.24. The molecule has 0 aliphatic heterocycles. The number of fused-ring (bicyclic) bond motifs is 1. The van der Waals surface area contributed by atoms with E-state index in [2.05, 4.69) is 41.7 Å². The van der Waals surface area contributed by atoms with Crippen LogP contribution in [0.5, 0.6) is 0 Å². The van der Waals surface area contributed by atoms with Crippen molar-refractivity contribution < 1.29 is 4.84 Å². The highest BCUT2D eigenvalue weighted by Crippen LogP contribution is 2.18. The average molecular weight is 190 g/mol. The summed E-state index contributed by atoms with van der Waals surface area (Å²) in [4.78, 5) is 8.16. The van der Waals surface area contributed by atoms with E-state index in [4.69, 9.17) is 4.84 Å². The van der Waals surface area contributed by atoms with Crippen LogP contribution >= 0.6 is 0 Å². The molecule has 3 heteroatoms. The maximum Gasteiger partial charge on any atom is 0.0611 e. The highest BCUT2D eigenvalue weighted by molar-refractivity contribution is 5.83. The topological polar surface area (TPSA) is 37.0 Å². The molecule has 0 saturated carbocycles. The van der Waals surface area contributed by atoms with Crippen LogP contribution in [0.4, 0.5) is 0 Å². The van der Waals surface area contributed by atoms with Gasteiger partial charge in [0.1, 0.15) is 0 Å². The fraction of sp³-hybridized carbons (Fsp3) is 0.273. The lowest BCUT2D eigenvalue weighted by atomic mass is 10.2. The minimum absolute atomic E-state index is 0.699. The molecule has 1 aromatic carbocycles. The Labute approximate surface area is 83.0 Å². The first-order chi connectivity index (χ1) is 6.81. The van der Waals surface area contributed by atoms with Gasteiger partial charge in [0.2, 0.25) is 0 Å². The van der Waals surface area contributed by atoms with E-state index in [-0.39, 0.29) is 0 Å². The largest absolute Gasteiger partial charge is 0.357 e. The first-order valence-corrected chi connectivity index (χ1v) is 4.64. The monoisotopic (exact) mass is 190 g/mol. The van der Waals surface area contributed by atoms with Gasteiger partial charge in [0.05, 0.1) is 13.7 Å². The van der Waals surface area contributed by atoms with Crippen LogP contribution < -0.4 is 5.48 Å². The summed E-state index contributed by atoms with van der Waals surface area (Å²) in [6.45, 7) is 2.80. The summed E-state index contributed by atoms with van der Waals surface area (Å²) in [5.41, 5.74) is 6.43. The molecule has 0 spiro atoms. The van der Waals surface area contributed by atoms with Crippen molar-refractivity contribution in [2.24, 2.45) is 0 Å². The molecule has 0 radical (unpaired) electrons. The predicted octanol–water partition coefficient (Wildman–Crippen LogP) is 2.13. The van der Waals surface area contributed by atoms with Gasteiger partial charge in [-0.2, -0.15) is 5.48 Å². The zero-order chi connectivity index (χ0) is 9.97. The number of benzene rings is 1. The lowest BCUT2D eigenvalue weighted by molar-refractivity contribution is 0.0860. The molecule has 3 nitrogen and oxygen atoms in total. The molecule has 0 aliphatic rings. The Bertz CT molecular complexity index is 434. The Kier molecular flexibility index (Phi) is 2.52. The molecular formula is C11H14N2O. The number of hydroxylamine groups is 1. The average Bonchev–Trinajstić information content (AvgIpc) is 2.59. The van der Waals surface area contributed by atoms with E-state index in [1.54, 1.807) is 7.11 Å². The number of aromatic nitrogens is 1. The number of rotatable bonds is 3. The number of nitrogens with one attached hydrogen (secondary N) is 2. The van der Waals surface area contributed by atoms with Crippen LogP contribution in [0.1, 0.15) is 11.3 Å². The van der Waals surface area contributed by atoms with Crippen molar-refractivity contribution in [3.8, 4) is 0 Å². The van der Waals surface area contributed by atoms with Gasteiger partial charge in [0.15, 0.2) is 0 Å². The van der Waals surface area contributed by atoms with Gasteiger partial charge in [0, 0.05) is 11.2 Å². The van der Waals surface area contributed by atoms with Gasteiger partial charge in [-0.15, -0.1) is 0 Å². The molecule has 0 amide bonds. The van der Waals surface area contributed by atoms with Crippen LogP contribution in [-0.2, 0) is 11.4 Å². The Morgan fingerprint density at radius 2 is 2.29 bits per heavy atom. The fourth-order valence-electron chi connectivity index (χ4n) is 1.61. The summed E-state index contributed by atoms with van der Waals surface area (Å²) in [6, 6.07) is 8.41. The van der Waals surface area contributed by atoms with Gasteiger partial charge >= 0.3 is 0 Å². The molecule has 0 bridgehead atoms. The second-order valence-electron chi connectivity index (χ2n) is 3.36. The number of hydrogen-bond donors (Lipinski definition) is 2. The van der Waals surface area contributed by atoms with Crippen molar-refractivity contribution in [2.75, 3.05) is 7.11 Å². The quantitative estimate of drug-likeness (QED) is 0.727. The lowest BCUT2D eigenvalue weighted by Crippen LogP contribution is -2.10. The van der Waals surface area contributed by atoms with Crippen molar-refractivity contribution in [1.29, 1.82) is 0 Å². The molecule has 2 N–H and O–H groups in total. The number of aromatic amines is 1. The van der Waals surface area contributed by atoms with E-state index >= 15 is 0 Å². The molecule has 74 valence electrons. The van der Waals surface area contributed by atoms with Gasteiger partial charge in [-0.25, -0.2) is 0 Å². The fourth-order valence-corrected chi connectivity index (χ4v) is 1.61.